The monoisotopic (exact) mass is 469 g/mol. The molecule has 0 amide bonds. The molecule has 0 atom stereocenters. The maximum atomic E-state index is 12.4. The molecule has 0 radical (unpaired) electrons. The second-order valence-electron chi connectivity index (χ2n) is 4.92. The molecule has 27 heavy (non-hydrogen) atoms. The summed E-state index contributed by atoms with van der Waals surface area (Å²) in [6.45, 7) is -2.04. The lowest BCUT2D eigenvalue weighted by Crippen LogP contribution is -2.26. The van der Waals surface area contributed by atoms with Crippen LogP contribution >= 0.6 is 0 Å². The Bertz CT molecular complexity index is 1080. The Hall–Kier alpha value is -1.21. The highest BCUT2D eigenvalue weighted by atomic mass is 32.3. The summed E-state index contributed by atoms with van der Waals surface area (Å²) in [5, 5.41) is 7.72. The van der Waals surface area contributed by atoms with E-state index in [1.54, 1.807) is 0 Å². The van der Waals surface area contributed by atoms with Crippen LogP contribution in [0.25, 0.3) is 0 Å². The summed E-state index contributed by atoms with van der Waals surface area (Å²) in [5.74, 6) is -2.08. The van der Waals surface area contributed by atoms with Gasteiger partial charge in [0, 0.05) is 6.42 Å². The molecule has 1 rings (SSSR count). The number of hydrogen-bond donors (Lipinski definition) is 3. The van der Waals surface area contributed by atoms with Crippen molar-refractivity contribution >= 4 is 46.2 Å². The third kappa shape index (κ3) is 7.74. The fraction of sp³-hybridized carbons (Fsp3) is 0.500. The van der Waals surface area contributed by atoms with Gasteiger partial charge >= 0.3 is 20.8 Å². The molecule has 0 bridgehead atoms. The normalized spacial score (nSPS) is 16.7. The van der Waals surface area contributed by atoms with Crippen LogP contribution < -0.4 is 0 Å². The number of rotatable bonds is 10. The molecular weight excluding hydrogens is 454 g/mol. The summed E-state index contributed by atoms with van der Waals surface area (Å²) in [7, 11) is -18.8. The largest absolute Gasteiger partial charge is 0.397 e. The molecule has 0 heterocycles. The van der Waals surface area contributed by atoms with E-state index in [9.17, 15) is 33.7 Å². The van der Waals surface area contributed by atoms with Crippen molar-refractivity contribution in [3.05, 3.63) is 22.0 Å². The Labute approximate surface area is 155 Å². The van der Waals surface area contributed by atoms with Crippen molar-refractivity contribution in [3.8, 4) is 0 Å². The van der Waals surface area contributed by atoms with Crippen LogP contribution in [0.1, 0.15) is 6.42 Å². The average Bonchev–Trinajstić information content (AvgIpc) is 2.43. The van der Waals surface area contributed by atoms with E-state index in [4.69, 9.17) is 14.5 Å². The molecule has 0 spiro atoms. The second-order valence-corrected chi connectivity index (χ2v) is 11.2. The van der Waals surface area contributed by atoms with Crippen LogP contribution in [0.2, 0.25) is 0 Å². The molecule has 0 aliphatic heterocycles. The van der Waals surface area contributed by atoms with Crippen molar-refractivity contribution in [3.63, 3.8) is 0 Å². The lowest BCUT2D eigenvalue weighted by Gasteiger charge is -2.17. The highest BCUT2D eigenvalue weighted by Gasteiger charge is 2.33. The topological polar surface area (TPSA) is 219 Å². The van der Waals surface area contributed by atoms with Gasteiger partial charge in [-0.25, -0.2) is 25.2 Å². The quantitative estimate of drug-likeness (QED) is 0.316. The van der Waals surface area contributed by atoms with Crippen LogP contribution in [-0.4, -0.2) is 73.2 Å². The summed E-state index contributed by atoms with van der Waals surface area (Å²) in [6, 6.07) is 0. The van der Waals surface area contributed by atoms with Crippen molar-refractivity contribution in [2.24, 2.45) is 0 Å². The van der Waals surface area contributed by atoms with Gasteiger partial charge in [-0.2, -0.15) is 16.8 Å². The Kier molecular flexibility index (Phi) is 7.44. The second kappa shape index (κ2) is 8.43. The lowest BCUT2D eigenvalue weighted by molar-refractivity contribution is 0.282. The highest BCUT2D eigenvalue weighted by molar-refractivity contribution is 7.99. The van der Waals surface area contributed by atoms with Crippen molar-refractivity contribution in [1.82, 2.24) is 0 Å². The zero-order valence-corrected chi connectivity index (χ0v) is 16.6. The first-order chi connectivity index (χ1) is 12.1. The minimum Gasteiger partial charge on any atom is -0.304 e. The maximum absolute atomic E-state index is 12.4. The number of nitrogens with one attached hydrogen (secondary N) is 1. The van der Waals surface area contributed by atoms with Crippen LogP contribution in [0.5, 0.6) is 0 Å². The lowest BCUT2D eigenvalue weighted by atomic mass is 10.1. The van der Waals surface area contributed by atoms with Gasteiger partial charge in [-0.3, -0.25) is 9.11 Å². The standard InChI is InChI=1S/C10H15NO12S4/c11-8-2-1-3-9(24(12,13)6-4-22-26(16,17)18)10(8)25(14,15)7-5-23-27(19,20)21/h1,3,11H,2,4-7H2,(H,16,17,18)(H,19,20,21). The van der Waals surface area contributed by atoms with Crippen molar-refractivity contribution in [2.75, 3.05) is 24.7 Å². The van der Waals surface area contributed by atoms with Gasteiger partial charge in [-0.1, -0.05) is 6.08 Å². The summed E-state index contributed by atoms with van der Waals surface area (Å²) in [6.07, 6.45) is 1.86. The molecule has 1 aliphatic carbocycles. The zero-order valence-electron chi connectivity index (χ0n) is 13.3. The van der Waals surface area contributed by atoms with Crippen LogP contribution in [0.4, 0.5) is 0 Å². The Morgan fingerprint density at radius 1 is 0.852 bits per heavy atom. The molecule has 0 saturated heterocycles. The molecule has 0 fully saturated rings. The minimum absolute atomic E-state index is 0.228. The van der Waals surface area contributed by atoms with Gasteiger partial charge < -0.3 is 5.41 Å². The molecule has 0 unspecified atom stereocenters. The molecular formula is C10H15NO12S4. The van der Waals surface area contributed by atoms with E-state index in [2.05, 4.69) is 8.37 Å². The first-order valence-corrected chi connectivity index (χ1v) is 12.8. The molecule has 156 valence electrons. The maximum Gasteiger partial charge on any atom is 0.397 e. The summed E-state index contributed by atoms with van der Waals surface area (Å²) in [5.41, 5.74) is -0.598. The zero-order chi connectivity index (χ0) is 21.1. The molecule has 0 saturated carbocycles. The Morgan fingerprint density at radius 2 is 1.30 bits per heavy atom. The highest BCUT2D eigenvalue weighted by Crippen LogP contribution is 2.27. The number of sulfone groups is 2. The van der Waals surface area contributed by atoms with E-state index in [-0.39, 0.29) is 6.42 Å². The van der Waals surface area contributed by atoms with E-state index in [0.717, 1.165) is 6.08 Å². The van der Waals surface area contributed by atoms with Crippen LogP contribution in [0, 0.1) is 5.41 Å². The first kappa shape index (κ1) is 23.8. The van der Waals surface area contributed by atoms with Gasteiger partial charge in [0.1, 0.15) is 4.91 Å². The van der Waals surface area contributed by atoms with E-state index < -0.39 is 80.7 Å². The molecule has 0 aromatic rings. The summed E-state index contributed by atoms with van der Waals surface area (Å²) >= 11 is 0. The summed E-state index contributed by atoms with van der Waals surface area (Å²) < 4.78 is 116. The van der Waals surface area contributed by atoms with Gasteiger partial charge in [-0.05, 0) is 6.08 Å². The Morgan fingerprint density at radius 3 is 1.74 bits per heavy atom. The van der Waals surface area contributed by atoms with Gasteiger partial charge in [0.05, 0.1) is 35.3 Å². The minimum atomic E-state index is -4.92. The summed E-state index contributed by atoms with van der Waals surface area (Å²) in [4.78, 5) is -1.72. The van der Waals surface area contributed by atoms with E-state index in [1.165, 1.54) is 6.08 Å². The van der Waals surface area contributed by atoms with Crippen molar-refractivity contribution in [2.45, 2.75) is 6.42 Å². The average molecular weight is 469 g/mol. The third-order valence-corrected chi connectivity index (χ3v) is 7.47. The number of hydrogen-bond acceptors (Lipinski definition) is 11. The van der Waals surface area contributed by atoms with Crippen molar-refractivity contribution in [1.29, 1.82) is 5.41 Å². The van der Waals surface area contributed by atoms with Gasteiger partial charge in [0.25, 0.3) is 0 Å². The fourth-order valence-electron chi connectivity index (χ4n) is 1.90. The molecule has 13 nitrogen and oxygen atoms in total. The smallest absolute Gasteiger partial charge is 0.304 e. The third-order valence-electron chi connectivity index (χ3n) is 2.90. The van der Waals surface area contributed by atoms with Crippen LogP contribution in [0.3, 0.4) is 0 Å². The van der Waals surface area contributed by atoms with Gasteiger partial charge in [0.2, 0.25) is 0 Å². The molecule has 17 heteroatoms. The van der Waals surface area contributed by atoms with E-state index in [0.29, 0.717) is 0 Å². The SMILES string of the molecule is N=C1CC=CC(S(=O)(=O)CCOS(=O)(=O)O)=C1S(=O)(=O)CCOS(=O)(=O)O. The van der Waals surface area contributed by atoms with Gasteiger partial charge in [-0.15, -0.1) is 0 Å². The Balaban J connectivity index is 3.21. The molecule has 1 aliphatic rings. The predicted molar refractivity (Wildman–Crippen MR) is 91.1 cm³/mol. The van der Waals surface area contributed by atoms with Crippen LogP contribution in [0.15, 0.2) is 22.0 Å². The fourth-order valence-corrected chi connectivity index (χ4v) is 6.03. The van der Waals surface area contributed by atoms with Crippen molar-refractivity contribution < 1.29 is 51.1 Å². The molecule has 0 aromatic heterocycles. The van der Waals surface area contributed by atoms with Crippen LogP contribution in [-0.2, 0) is 48.8 Å². The van der Waals surface area contributed by atoms with E-state index >= 15 is 0 Å². The molecule has 3 N–H and O–H groups in total. The van der Waals surface area contributed by atoms with E-state index in [1.807, 2.05) is 0 Å². The van der Waals surface area contributed by atoms with Gasteiger partial charge in [0.15, 0.2) is 19.7 Å². The first-order valence-electron chi connectivity index (χ1n) is 6.73. The predicted octanol–water partition coefficient (Wildman–Crippen LogP) is -1.35. The number of allylic oxidation sites excluding steroid dienone is 3. The molecule has 0 aromatic carbocycles.